The largest absolute Gasteiger partial charge is 0.480 e. The van der Waals surface area contributed by atoms with Gasteiger partial charge >= 0.3 is 5.97 Å². The number of carbonyl (C=O) groups is 2. The first-order valence-corrected chi connectivity index (χ1v) is 5.57. The molecule has 2 heterocycles. The van der Waals surface area contributed by atoms with E-state index in [0.717, 1.165) is 0 Å². The zero-order valence-electron chi connectivity index (χ0n) is 9.98. The Morgan fingerprint density at radius 1 is 1.37 bits per heavy atom. The Balaban J connectivity index is 2.00. The van der Waals surface area contributed by atoms with Crippen molar-refractivity contribution in [3.05, 3.63) is 48.3 Å². The molecule has 0 fully saturated rings. The second-order valence-electron chi connectivity index (χ2n) is 3.80. The molecule has 2 rings (SSSR count). The molecule has 0 aliphatic carbocycles. The SMILES string of the molecule is O=C(O)Cn1cccc1C(=O)NCc1ccncn1. The third-order valence-electron chi connectivity index (χ3n) is 2.44. The Morgan fingerprint density at radius 3 is 2.89 bits per heavy atom. The number of hydrogen-bond acceptors (Lipinski definition) is 4. The summed E-state index contributed by atoms with van der Waals surface area (Å²) in [6, 6.07) is 4.89. The summed E-state index contributed by atoms with van der Waals surface area (Å²) < 4.78 is 1.37. The number of aromatic nitrogens is 3. The third-order valence-corrected chi connectivity index (χ3v) is 2.44. The van der Waals surface area contributed by atoms with Crippen molar-refractivity contribution in [2.75, 3.05) is 0 Å². The minimum Gasteiger partial charge on any atom is -0.480 e. The molecule has 2 N–H and O–H groups in total. The van der Waals surface area contributed by atoms with Gasteiger partial charge in [-0.15, -0.1) is 0 Å². The molecule has 0 unspecified atom stereocenters. The molecule has 0 radical (unpaired) electrons. The number of nitrogens with one attached hydrogen (secondary N) is 1. The van der Waals surface area contributed by atoms with Gasteiger partial charge in [-0.05, 0) is 18.2 Å². The maximum Gasteiger partial charge on any atom is 0.323 e. The average Bonchev–Trinajstić information content (AvgIpc) is 2.84. The molecule has 0 saturated carbocycles. The van der Waals surface area contributed by atoms with Gasteiger partial charge in [-0.1, -0.05) is 0 Å². The van der Waals surface area contributed by atoms with Gasteiger partial charge in [-0.25, -0.2) is 9.97 Å². The lowest BCUT2D eigenvalue weighted by molar-refractivity contribution is -0.137. The van der Waals surface area contributed by atoms with Crippen LogP contribution in [0.15, 0.2) is 36.9 Å². The highest BCUT2D eigenvalue weighted by Crippen LogP contribution is 2.03. The van der Waals surface area contributed by atoms with Crippen molar-refractivity contribution in [2.24, 2.45) is 0 Å². The maximum absolute atomic E-state index is 11.9. The summed E-state index contributed by atoms with van der Waals surface area (Å²) in [4.78, 5) is 30.3. The molecule has 0 aliphatic heterocycles. The molecule has 7 nitrogen and oxygen atoms in total. The third kappa shape index (κ3) is 3.38. The highest BCUT2D eigenvalue weighted by atomic mass is 16.4. The Kier molecular flexibility index (Phi) is 3.87. The predicted molar refractivity (Wildman–Crippen MR) is 65.3 cm³/mol. The molecule has 1 amide bonds. The summed E-state index contributed by atoms with van der Waals surface area (Å²) in [7, 11) is 0. The van der Waals surface area contributed by atoms with Crippen LogP contribution in [0.25, 0.3) is 0 Å². The van der Waals surface area contributed by atoms with E-state index in [1.807, 2.05) is 0 Å². The van der Waals surface area contributed by atoms with Gasteiger partial charge in [0.25, 0.3) is 5.91 Å². The van der Waals surface area contributed by atoms with Crippen LogP contribution in [-0.2, 0) is 17.9 Å². The summed E-state index contributed by atoms with van der Waals surface area (Å²) in [6.07, 6.45) is 4.53. The zero-order valence-corrected chi connectivity index (χ0v) is 9.98. The summed E-state index contributed by atoms with van der Waals surface area (Å²) in [5.41, 5.74) is 0.983. The van der Waals surface area contributed by atoms with Gasteiger partial charge in [0.15, 0.2) is 0 Å². The molecule has 0 bridgehead atoms. The first-order chi connectivity index (χ1) is 9.16. The normalized spacial score (nSPS) is 10.1. The Labute approximate surface area is 108 Å². The van der Waals surface area contributed by atoms with Crippen LogP contribution >= 0.6 is 0 Å². The Morgan fingerprint density at radius 2 is 2.21 bits per heavy atom. The van der Waals surface area contributed by atoms with E-state index in [4.69, 9.17) is 5.11 Å². The van der Waals surface area contributed by atoms with Crippen LogP contribution in [0.2, 0.25) is 0 Å². The van der Waals surface area contributed by atoms with Crippen LogP contribution < -0.4 is 5.32 Å². The molecule has 7 heteroatoms. The number of hydrogen-bond donors (Lipinski definition) is 2. The molecule has 0 atom stereocenters. The standard InChI is InChI=1S/C12H12N4O3/c17-11(18)7-16-5-1-2-10(16)12(19)14-6-9-3-4-13-8-15-9/h1-5,8H,6-7H2,(H,14,19)(H,17,18). The van der Waals surface area contributed by atoms with Crippen molar-refractivity contribution in [3.63, 3.8) is 0 Å². The van der Waals surface area contributed by atoms with Gasteiger partial charge in [0.1, 0.15) is 18.6 Å². The van der Waals surface area contributed by atoms with Crippen molar-refractivity contribution in [1.82, 2.24) is 19.9 Å². The Hall–Kier alpha value is -2.70. The summed E-state index contributed by atoms with van der Waals surface area (Å²) in [5, 5.41) is 11.4. The van der Waals surface area contributed by atoms with Crippen molar-refractivity contribution in [1.29, 1.82) is 0 Å². The van der Waals surface area contributed by atoms with E-state index in [2.05, 4.69) is 15.3 Å². The predicted octanol–water partition coefficient (Wildman–Crippen LogP) is 0.293. The van der Waals surface area contributed by atoms with Gasteiger partial charge in [-0.2, -0.15) is 0 Å². The fraction of sp³-hybridized carbons (Fsp3) is 0.167. The summed E-state index contributed by atoms with van der Waals surface area (Å²) in [6.45, 7) is 0.0167. The second kappa shape index (κ2) is 5.76. The molecule has 0 saturated heterocycles. The van der Waals surface area contributed by atoms with Crippen LogP contribution in [0.3, 0.4) is 0 Å². The highest BCUT2D eigenvalue weighted by molar-refractivity contribution is 5.93. The zero-order chi connectivity index (χ0) is 13.7. The molecular weight excluding hydrogens is 248 g/mol. The van der Waals surface area contributed by atoms with Gasteiger partial charge in [0, 0.05) is 12.4 Å². The number of rotatable bonds is 5. The molecule has 0 aromatic carbocycles. The van der Waals surface area contributed by atoms with Crippen molar-refractivity contribution in [3.8, 4) is 0 Å². The van der Waals surface area contributed by atoms with Crippen LogP contribution in [0.5, 0.6) is 0 Å². The smallest absolute Gasteiger partial charge is 0.323 e. The lowest BCUT2D eigenvalue weighted by atomic mass is 10.3. The fourth-order valence-corrected chi connectivity index (χ4v) is 1.59. The topological polar surface area (TPSA) is 97.1 Å². The van der Waals surface area contributed by atoms with Gasteiger partial charge in [0.05, 0.1) is 12.2 Å². The maximum atomic E-state index is 11.9. The summed E-state index contributed by atoms with van der Waals surface area (Å²) >= 11 is 0. The fourth-order valence-electron chi connectivity index (χ4n) is 1.59. The van der Waals surface area contributed by atoms with Crippen LogP contribution in [0, 0.1) is 0 Å². The lowest BCUT2D eigenvalue weighted by Crippen LogP contribution is -2.26. The minimum atomic E-state index is -0.999. The number of nitrogens with zero attached hydrogens (tertiary/aromatic N) is 3. The number of aliphatic carboxylic acids is 1. The van der Waals surface area contributed by atoms with E-state index in [1.54, 1.807) is 30.6 Å². The number of carboxylic acids is 1. The van der Waals surface area contributed by atoms with Crippen LogP contribution in [0.4, 0.5) is 0 Å². The monoisotopic (exact) mass is 260 g/mol. The average molecular weight is 260 g/mol. The summed E-state index contributed by atoms with van der Waals surface area (Å²) in [5.74, 6) is -1.34. The van der Waals surface area contributed by atoms with E-state index < -0.39 is 5.97 Å². The van der Waals surface area contributed by atoms with E-state index in [1.165, 1.54) is 10.9 Å². The van der Waals surface area contributed by atoms with E-state index in [-0.39, 0.29) is 19.0 Å². The van der Waals surface area contributed by atoms with Gasteiger partial charge < -0.3 is 15.0 Å². The van der Waals surface area contributed by atoms with Crippen molar-refractivity contribution in [2.45, 2.75) is 13.1 Å². The molecule has 0 aliphatic rings. The lowest BCUT2D eigenvalue weighted by Gasteiger charge is -2.07. The number of carboxylic acid groups (broad SMARTS) is 1. The quantitative estimate of drug-likeness (QED) is 0.805. The van der Waals surface area contributed by atoms with E-state index >= 15 is 0 Å². The van der Waals surface area contributed by atoms with Crippen molar-refractivity contribution < 1.29 is 14.7 Å². The Bertz CT molecular complexity index is 580. The molecule has 98 valence electrons. The van der Waals surface area contributed by atoms with Crippen LogP contribution in [0.1, 0.15) is 16.2 Å². The van der Waals surface area contributed by atoms with Crippen LogP contribution in [-0.4, -0.2) is 31.5 Å². The first-order valence-electron chi connectivity index (χ1n) is 5.57. The second-order valence-corrected chi connectivity index (χ2v) is 3.80. The highest BCUT2D eigenvalue weighted by Gasteiger charge is 2.12. The van der Waals surface area contributed by atoms with Gasteiger partial charge in [-0.3, -0.25) is 9.59 Å². The minimum absolute atomic E-state index is 0.247. The molecular formula is C12H12N4O3. The molecule has 2 aromatic rings. The first kappa shape index (κ1) is 12.7. The van der Waals surface area contributed by atoms with E-state index in [0.29, 0.717) is 11.4 Å². The van der Waals surface area contributed by atoms with E-state index in [9.17, 15) is 9.59 Å². The molecule has 2 aromatic heterocycles. The molecule has 0 spiro atoms. The number of carbonyl (C=O) groups excluding carboxylic acids is 1. The number of amides is 1. The molecule has 19 heavy (non-hydrogen) atoms. The van der Waals surface area contributed by atoms with Gasteiger partial charge in [0.2, 0.25) is 0 Å². The van der Waals surface area contributed by atoms with Crippen molar-refractivity contribution >= 4 is 11.9 Å².